The van der Waals surface area contributed by atoms with Gasteiger partial charge >= 0.3 is 0 Å². The molecule has 0 bridgehead atoms. The van der Waals surface area contributed by atoms with E-state index in [0.29, 0.717) is 21.4 Å². The lowest BCUT2D eigenvalue weighted by molar-refractivity contribution is 0.599. The van der Waals surface area contributed by atoms with E-state index in [-0.39, 0.29) is 11.5 Å². The molecule has 0 saturated heterocycles. The van der Waals surface area contributed by atoms with Crippen LogP contribution in [-0.4, -0.2) is 16.2 Å². The average molecular weight is 299 g/mol. The molecule has 1 N–H and O–H groups in total. The van der Waals surface area contributed by atoms with Crippen LogP contribution in [0.2, 0.25) is 5.02 Å². The van der Waals surface area contributed by atoms with Crippen molar-refractivity contribution in [1.82, 2.24) is 9.97 Å². The maximum Gasteiger partial charge on any atom is 0.251 e. The number of H-pyrrole nitrogens is 1. The second-order valence-electron chi connectivity index (χ2n) is 4.04. The number of aromatic nitrogens is 2. The van der Waals surface area contributed by atoms with Crippen LogP contribution in [0.1, 0.15) is 24.1 Å². The van der Waals surface area contributed by atoms with Gasteiger partial charge in [0.15, 0.2) is 5.16 Å². The molecule has 1 unspecified atom stereocenters. The Bertz CT molecular complexity index is 639. The Hall–Kier alpha value is -1.33. The van der Waals surface area contributed by atoms with Gasteiger partial charge in [-0.2, -0.15) is 0 Å². The van der Waals surface area contributed by atoms with Crippen LogP contribution in [0.5, 0.6) is 0 Å². The number of thioether (sulfide) groups is 1. The Kier molecular flexibility index (Phi) is 4.27. The van der Waals surface area contributed by atoms with Crippen LogP contribution >= 0.6 is 23.4 Å². The van der Waals surface area contributed by atoms with Crippen molar-refractivity contribution in [2.45, 2.75) is 18.0 Å². The molecule has 0 aliphatic rings. The molecule has 6 heteroatoms. The van der Waals surface area contributed by atoms with Gasteiger partial charge in [0.05, 0.1) is 5.69 Å². The fourth-order valence-corrected chi connectivity index (χ4v) is 2.57. The lowest BCUT2D eigenvalue weighted by atomic mass is 9.97. The summed E-state index contributed by atoms with van der Waals surface area (Å²) in [4.78, 5) is 18.4. The van der Waals surface area contributed by atoms with Gasteiger partial charge in [0, 0.05) is 22.6 Å². The minimum atomic E-state index is -0.396. The number of benzene rings is 1. The van der Waals surface area contributed by atoms with Crippen LogP contribution in [0.15, 0.2) is 34.2 Å². The minimum Gasteiger partial charge on any atom is -0.301 e. The van der Waals surface area contributed by atoms with Crippen molar-refractivity contribution < 1.29 is 4.39 Å². The molecular formula is C13H12ClFN2OS. The second kappa shape index (κ2) is 5.75. The third-order valence-corrected chi connectivity index (χ3v) is 3.72. The Labute approximate surface area is 119 Å². The number of hydrogen-bond donors (Lipinski definition) is 1. The number of halogens is 2. The summed E-state index contributed by atoms with van der Waals surface area (Å²) in [5.41, 5.74) is 0.600. The van der Waals surface area contributed by atoms with E-state index in [1.807, 2.05) is 6.26 Å². The molecule has 1 aromatic carbocycles. The van der Waals surface area contributed by atoms with Crippen LogP contribution in [0.25, 0.3) is 0 Å². The third-order valence-electron chi connectivity index (χ3n) is 2.81. The van der Waals surface area contributed by atoms with Crippen LogP contribution in [0.3, 0.4) is 0 Å². The molecule has 0 amide bonds. The van der Waals surface area contributed by atoms with E-state index >= 15 is 0 Å². The summed E-state index contributed by atoms with van der Waals surface area (Å²) >= 11 is 7.35. The number of aromatic amines is 1. The smallest absolute Gasteiger partial charge is 0.251 e. The predicted molar refractivity (Wildman–Crippen MR) is 75.6 cm³/mol. The van der Waals surface area contributed by atoms with E-state index in [2.05, 4.69) is 9.97 Å². The first kappa shape index (κ1) is 14.1. The average Bonchev–Trinajstić information content (AvgIpc) is 2.37. The minimum absolute atomic E-state index is 0.256. The van der Waals surface area contributed by atoms with Crippen molar-refractivity contribution in [3.63, 3.8) is 0 Å². The molecule has 0 fully saturated rings. The van der Waals surface area contributed by atoms with Crippen molar-refractivity contribution in [2.75, 3.05) is 6.26 Å². The molecule has 1 aromatic heterocycles. The van der Waals surface area contributed by atoms with Crippen molar-refractivity contribution in [3.05, 3.63) is 56.7 Å². The van der Waals surface area contributed by atoms with Crippen LogP contribution in [0.4, 0.5) is 4.39 Å². The lowest BCUT2D eigenvalue weighted by Crippen LogP contribution is -2.13. The maximum atomic E-state index is 13.9. The number of nitrogens with one attached hydrogen (secondary N) is 1. The van der Waals surface area contributed by atoms with Crippen LogP contribution < -0.4 is 5.56 Å². The molecule has 2 aromatic rings. The zero-order valence-corrected chi connectivity index (χ0v) is 12.0. The third kappa shape index (κ3) is 2.98. The quantitative estimate of drug-likeness (QED) is 0.697. The molecule has 0 aliphatic carbocycles. The van der Waals surface area contributed by atoms with Gasteiger partial charge in [-0.25, -0.2) is 9.37 Å². The van der Waals surface area contributed by atoms with Gasteiger partial charge in [-0.3, -0.25) is 4.79 Å². The Morgan fingerprint density at radius 2 is 2.21 bits per heavy atom. The van der Waals surface area contributed by atoms with Crippen LogP contribution in [-0.2, 0) is 0 Å². The summed E-state index contributed by atoms with van der Waals surface area (Å²) in [5.74, 6) is -0.783. The van der Waals surface area contributed by atoms with Crippen molar-refractivity contribution >= 4 is 23.4 Å². The largest absolute Gasteiger partial charge is 0.301 e. The highest BCUT2D eigenvalue weighted by Crippen LogP contribution is 2.31. The Morgan fingerprint density at radius 3 is 2.84 bits per heavy atom. The zero-order valence-electron chi connectivity index (χ0n) is 10.4. The monoisotopic (exact) mass is 298 g/mol. The summed E-state index contributed by atoms with van der Waals surface area (Å²) in [6.45, 7) is 1.77. The number of nitrogens with zero attached hydrogens (tertiary/aromatic N) is 1. The Morgan fingerprint density at radius 1 is 1.47 bits per heavy atom. The molecular weight excluding hydrogens is 287 g/mol. The molecule has 100 valence electrons. The summed E-state index contributed by atoms with van der Waals surface area (Å²) in [6, 6.07) is 5.89. The lowest BCUT2D eigenvalue weighted by Gasteiger charge is -2.14. The van der Waals surface area contributed by atoms with Gasteiger partial charge in [-0.15, -0.1) is 0 Å². The summed E-state index contributed by atoms with van der Waals surface area (Å²) in [7, 11) is 0. The highest BCUT2D eigenvalue weighted by molar-refractivity contribution is 7.98. The summed E-state index contributed by atoms with van der Waals surface area (Å²) in [6.07, 6.45) is 1.81. The number of rotatable bonds is 3. The van der Waals surface area contributed by atoms with E-state index in [9.17, 15) is 9.18 Å². The normalized spacial score (nSPS) is 12.4. The van der Waals surface area contributed by atoms with Gasteiger partial charge in [-0.1, -0.05) is 36.4 Å². The highest BCUT2D eigenvalue weighted by atomic mass is 35.5. The van der Waals surface area contributed by atoms with E-state index in [1.54, 1.807) is 19.1 Å². The standard InChI is InChI=1S/C13H12ClFN2OS/c1-7(12-8(14)4-3-5-9(12)15)10-6-11(18)17-13(16-10)19-2/h3-7H,1-2H3,(H,16,17,18). The van der Waals surface area contributed by atoms with E-state index in [4.69, 9.17) is 11.6 Å². The SMILES string of the molecule is CSc1nc(C(C)c2c(F)cccc2Cl)cc(=O)[nH]1. The molecule has 0 saturated carbocycles. The van der Waals surface area contributed by atoms with E-state index < -0.39 is 5.82 Å². The Balaban J connectivity index is 2.53. The van der Waals surface area contributed by atoms with Crippen LogP contribution in [0, 0.1) is 5.82 Å². The van der Waals surface area contributed by atoms with Gasteiger partial charge in [0.2, 0.25) is 0 Å². The molecule has 2 rings (SSSR count). The predicted octanol–water partition coefficient (Wildman–Crippen LogP) is 3.44. The second-order valence-corrected chi connectivity index (χ2v) is 5.24. The topological polar surface area (TPSA) is 45.8 Å². The molecule has 1 atom stereocenters. The fourth-order valence-electron chi connectivity index (χ4n) is 1.84. The molecule has 0 radical (unpaired) electrons. The molecule has 0 spiro atoms. The maximum absolute atomic E-state index is 13.9. The van der Waals surface area contributed by atoms with Crippen molar-refractivity contribution in [2.24, 2.45) is 0 Å². The van der Waals surface area contributed by atoms with Gasteiger partial charge in [-0.05, 0) is 18.4 Å². The molecule has 3 nitrogen and oxygen atoms in total. The van der Waals surface area contributed by atoms with E-state index in [1.165, 1.54) is 23.9 Å². The highest BCUT2D eigenvalue weighted by Gasteiger charge is 2.18. The first-order valence-corrected chi connectivity index (χ1v) is 7.22. The van der Waals surface area contributed by atoms with Gasteiger partial charge in [0.25, 0.3) is 5.56 Å². The number of hydrogen-bond acceptors (Lipinski definition) is 3. The van der Waals surface area contributed by atoms with Crippen molar-refractivity contribution in [3.8, 4) is 0 Å². The first-order valence-electron chi connectivity index (χ1n) is 5.62. The summed E-state index contributed by atoms with van der Waals surface area (Å²) in [5, 5.41) is 0.835. The molecule has 1 heterocycles. The molecule has 0 aliphatic heterocycles. The van der Waals surface area contributed by atoms with E-state index in [0.717, 1.165) is 0 Å². The zero-order chi connectivity index (χ0) is 14.0. The van der Waals surface area contributed by atoms with Gasteiger partial charge in [0.1, 0.15) is 5.82 Å². The van der Waals surface area contributed by atoms with Crippen molar-refractivity contribution in [1.29, 1.82) is 0 Å². The molecule has 19 heavy (non-hydrogen) atoms. The summed E-state index contributed by atoms with van der Waals surface area (Å²) < 4.78 is 13.9. The van der Waals surface area contributed by atoms with Gasteiger partial charge < -0.3 is 4.98 Å². The fraction of sp³-hybridized carbons (Fsp3) is 0.231. The first-order chi connectivity index (χ1) is 9.02.